The number of hydrogen-bond acceptors (Lipinski definition) is 2. The molecule has 0 aromatic heterocycles. The summed E-state index contributed by atoms with van der Waals surface area (Å²) in [5, 5.41) is 10.2. The Bertz CT molecular complexity index is 506. The van der Waals surface area contributed by atoms with Gasteiger partial charge >= 0.3 is 0 Å². The molecule has 2 rings (SSSR count). The Morgan fingerprint density at radius 3 is 2.61 bits per heavy atom. The molecule has 0 aliphatic heterocycles. The Balaban J connectivity index is 2.04. The largest absolute Gasteiger partial charge is 0.393 e. The standard InChI is InChI=1S/C21H32O2/c1-6-21(5)13-12-18(14-19(21)16(2)22)20(3,4)23-15-17-10-8-7-9-11-17/h6-11,16,18-19,22H,1,12-15H2,2-5H3/t16?,18-,19+,21-/m0/s1. The van der Waals surface area contributed by atoms with Crippen molar-refractivity contribution in [2.24, 2.45) is 17.3 Å². The van der Waals surface area contributed by atoms with Gasteiger partial charge in [-0.15, -0.1) is 6.58 Å². The summed E-state index contributed by atoms with van der Waals surface area (Å²) in [5.74, 6) is 0.706. The summed E-state index contributed by atoms with van der Waals surface area (Å²) in [5.41, 5.74) is 1.05. The first-order chi connectivity index (χ1) is 10.8. The highest BCUT2D eigenvalue weighted by Gasteiger charge is 2.44. The smallest absolute Gasteiger partial charge is 0.0724 e. The minimum atomic E-state index is -0.314. The molecule has 0 amide bonds. The first-order valence-electron chi connectivity index (χ1n) is 8.78. The van der Waals surface area contributed by atoms with Gasteiger partial charge in [-0.1, -0.05) is 43.3 Å². The van der Waals surface area contributed by atoms with E-state index in [0.717, 1.165) is 19.3 Å². The Hall–Kier alpha value is -1.12. The van der Waals surface area contributed by atoms with Gasteiger partial charge in [0.25, 0.3) is 0 Å². The van der Waals surface area contributed by atoms with Gasteiger partial charge in [0.1, 0.15) is 0 Å². The van der Waals surface area contributed by atoms with E-state index in [1.165, 1.54) is 5.56 Å². The fourth-order valence-corrected chi connectivity index (χ4v) is 3.96. The van der Waals surface area contributed by atoms with Crippen LogP contribution in [0.3, 0.4) is 0 Å². The van der Waals surface area contributed by atoms with E-state index in [2.05, 4.69) is 39.5 Å². The number of rotatable bonds is 6. The second-order valence-corrected chi connectivity index (χ2v) is 7.91. The molecule has 0 saturated heterocycles. The van der Waals surface area contributed by atoms with Crippen molar-refractivity contribution in [1.82, 2.24) is 0 Å². The molecule has 128 valence electrons. The van der Waals surface area contributed by atoms with Gasteiger partial charge in [-0.2, -0.15) is 0 Å². The SMILES string of the molecule is C=C[C@@]1(C)CC[C@H](C(C)(C)OCc2ccccc2)C[C@@H]1C(C)O. The van der Waals surface area contributed by atoms with Gasteiger partial charge in [-0.25, -0.2) is 0 Å². The van der Waals surface area contributed by atoms with Crippen molar-refractivity contribution >= 4 is 0 Å². The Labute approximate surface area is 141 Å². The zero-order valence-corrected chi connectivity index (χ0v) is 15.1. The van der Waals surface area contributed by atoms with Gasteiger partial charge < -0.3 is 9.84 Å². The predicted molar refractivity (Wildman–Crippen MR) is 96.1 cm³/mol. The zero-order chi connectivity index (χ0) is 17.1. The van der Waals surface area contributed by atoms with Gasteiger partial charge in [0.2, 0.25) is 0 Å². The highest BCUT2D eigenvalue weighted by Crippen LogP contribution is 2.49. The molecule has 0 radical (unpaired) electrons. The summed E-state index contributed by atoms with van der Waals surface area (Å²) in [6, 6.07) is 10.3. The van der Waals surface area contributed by atoms with Crippen LogP contribution in [0.5, 0.6) is 0 Å². The van der Waals surface area contributed by atoms with Crippen molar-refractivity contribution < 1.29 is 9.84 Å². The van der Waals surface area contributed by atoms with Crippen LogP contribution >= 0.6 is 0 Å². The lowest BCUT2D eigenvalue weighted by Crippen LogP contribution is -2.45. The van der Waals surface area contributed by atoms with Gasteiger partial charge in [0.05, 0.1) is 18.3 Å². The van der Waals surface area contributed by atoms with E-state index in [-0.39, 0.29) is 23.0 Å². The molecule has 1 N–H and O–H groups in total. The topological polar surface area (TPSA) is 29.5 Å². The van der Waals surface area contributed by atoms with E-state index in [0.29, 0.717) is 12.5 Å². The van der Waals surface area contributed by atoms with Gasteiger partial charge in [0.15, 0.2) is 0 Å². The van der Waals surface area contributed by atoms with Crippen molar-refractivity contribution in [3.8, 4) is 0 Å². The molecule has 4 atom stereocenters. The average Bonchev–Trinajstić information content (AvgIpc) is 2.54. The molecule has 1 saturated carbocycles. The lowest BCUT2D eigenvalue weighted by Gasteiger charge is -2.48. The maximum absolute atomic E-state index is 10.2. The van der Waals surface area contributed by atoms with Crippen molar-refractivity contribution in [3.63, 3.8) is 0 Å². The quantitative estimate of drug-likeness (QED) is 0.751. The van der Waals surface area contributed by atoms with Crippen molar-refractivity contribution in [2.75, 3.05) is 0 Å². The Kier molecular flexibility index (Phi) is 5.70. The zero-order valence-electron chi connectivity index (χ0n) is 15.1. The summed E-state index contributed by atoms with van der Waals surface area (Å²) in [7, 11) is 0. The van der Waals surface area contributed by atoms with E-state index in [1.807, 2.05) is 31.2 Å². The number of benzene rings is 1. The van der Waals surface area contributed by atoms with Crippen molar-refractivity contribution in [1.29, 1.82) is 0 Å². The number of allylic oxidation sites excluding steroid dienone is 1. The molecule has 0 spiro atoms. The van der Waals surface area contributed by atoms with E-state index in [1.54, 1.807) is 0 Å². The molecule has 1 unspecified atom stereocenters. The van der Waals surface area contributed by atoms with Crippen LogP contribution in [0, 0.1) is 17.3 Å². The molecule has 23 heavy (non-hydrogen) atoms. The van der Waals surface area contributed by atoms with Gasteiger partial charge in [-0.3, -0.25) is 0 Å². The second-order valence-electron chi connectivity index (χ2n) is 7.91. The molecule has 1 aliphatic rings. The van der Waals surface area contributed by atoms with Crippen LogP contribution in [-0.2, 0) is 11.3 Å². The average molecular weight is 316 g/mol. The number of aliphatic hydroxyl groups excluding tert-OH is 1. The van der Waals surface area contributed by atoms with E-state index >= 15 is 0 Å². The first-order valence-corrected chi connectivity index (χ1v) is 8.78. The summed E-state index contributed by atoms with van der Waals surface area (Å²) in [6.07, 6.45) is 4.90. The highest BCUT2D eigenvalue weighted by atomic mass is 16.5. The fraction of sp³-hybridized carbons (Fsp3) is 0.619. The molecular formula is C21H32O2. The lowest BCUT2D eigenvalue weighted by atomic mass is 9.60. The first kappa shape index (κ1) is 18.2. The van der Waals surface area contributed by atoms with Crippen LogP contribution in [0.4, 0.5) is 0 Å². The molecule has 0 heterocycles. The molecule has 2 heteroatoms. The third-order valence-corrected chi connectivity index (χ3v) is 5.90. The molecule has 1 fully saturated rings. The van der Waals surface area contributed by atoms with Gasteiger partial charge in [-0.05, 0) is 62.8 Å². The summed E-state index contributed by atoms with van der Waals surface area (Å²) < 4.78 is 6.28. The normalized spacial score (nSPS) is 30.0. The fourth-order valence-electron chi connectivity index (χ4n) is 3.96. The molecule has 1 aliphatic carbocycles. The Morgan fingerprint density at radius 1 is 1.39 bits per heavy atom. The van der Waals surface area contributed by atoms with Crippen LogP contribution in [0.1, 0.15) is 52.5 Å². The second kappa shape index (κ2) is 7.19. The maximum atomic E-state index is 10.2. The van der Waals surface area contributed by atoms with Crippen LogP contribution in [0.2, 0.25) is 0 Å². The van der Waals surface area contributed by atoms with E-state index in [9.17, 15) is 5.11 Å². The Morgan fingerprint density at radius 2 is 2.04 bits per heavy atom. The molecule has 0 bridgehead atoms. The third-order valence-electron chi connectivity index (χ3n) is 5.90. The monoisotopic (exact) mass is 316 g/mol. The van der Waals surface area contributed by atoms with Gasteiger partial charge in [0, 0.05) is 0 Å². The van der Waals surface area contributed by atoms with Crippen LogP contribution in [-0.4, -0.2) is 16.8 Å². The summed E-state index contributed by atoms with van der Waals surface area (Å²) >= 11 is 0. The summed E-state index contributed by atoms with van der Waals surface area (Å²) in [6.45, 7) is 13.2. The van der Waals surface area contributed by atoms with Crippen molar-refractivity contribution in [2.45, 2.75) is 65.3 Å². The van der Waals surface area contributed by atoms with Crippen LogP contribution < -0.4 is 0 Å². The van der Waals surface area contributed by atoms with E-state index in [4.69, 9.17) is 4.74 Å². The van der Waals surface area contributed by atoms with Crippen LogP contribution in [0.25, 0.3) is 0 Å². The number of aliphatic hydroxyl groups is 1. The lowest BCUT2D eigenvalue weighted by molar-refractivity contribution is -0.106. The molecular weight excluding hydrogens is 284 g/mol. The predicted octanol–water partition coefficient (Wildman–Crippen LogP) is 4.97. The number of ether oxygens (including phenoxy) is 1. The molecule has 1 aromatic rings. The number of hydrogen-bond donors (Lipinski definition) is 1. The minimum absolute atomic E-state index is 0.0280. The minimum Gasteiger partial charge on any atom is -0.393 e. The van der Waals surface area contributed by atoms with Crippen LogP contribution in [0.15, 0.2) is 43.0 Å². The van der Waals surface area contributed by atoms with Crippen molar-refractivity contribution in [3.05, 3.63) is 48.6 Å². The summed E-state index contributed by atoms with van der Waals surface area (Å²) in [4.78, 5) is 0. The highest BCUT2D eigenvalue weighted by molar-refractivity contribution is 5.13. The van der Waals surface area contributed by atoms with E-state index < -0.39 is 0 Å². The third kappa shape index (κ3) is 4.24. The maximum Gasteiger partial charge on any atom is 0.0724 e. The molecule has 2 nitrogen and oxygen atoms in total. The molecule has 1 aromatic carbocycles.